The Balaban J connectivity index is 2.07. The maximum absolute atomic E-state index is 10.8. The van der Waals surface area contributed by atoms with Crippen molar-refractivity contribution in [3.05, 3.63) is 52.8 Å². The van der Waals surface area contributed by atoms with Crippen molar-refractivity contribution in [1.82, 2.24) is 14.8 Å². The van der Waals surface area contributed by atoms with Crippen molar-refractivity contribution in [2.24, 2.45) is 17.8 Å². The summed E-state index contributed by atoms with van der Waals surface area (Å²) in [6, 6.07) is 9.41. The molecule has 146 valence electrons. The Bertz CT molecular complexity index is 803. The number of hydrogen-bond donors (Lipinski definition) is 2. The molecular weight excluding hydrogens is 366 g/mol. The van der Waals surface area contributed by atoms with Crippen LogP contribution in [-0.4, -0.2) is 41.5 Å². The number of carbonyl (C=O) groups excluding carboxylic acids is 1. The summed E-state index contributed by atoms with van der Waals surface area (Å²) < 4.78 is 7.34. The SMILES string of the molecule is CCNC(=NCc1cccc(OCC(N)=O)c1)N(C)Cc1cc(Cl)cn1C. The molecule has 0 radical (unpaired) electrons. The van der Waals surface area contributed by atoms with E-state index < -0.39 is 5.91 Å². The molecule has 0 fully saturated rings. The lowest BCUT2D eigenvalue weighted by Gasteiger charge is -2.22. The van der Waals surface area contributed by atoms with Gasteiger partial charge in [-0.2, -0.15) is 0 Å². The molecule has 0 bridgehead atoms. The van der Waals surface area contributed by atoms with E-state index in [0.717, 1.165) is 28.8 Å². The number of nitrogens with zero attached hydrogens (tertiary/aromatic N) is 3. The summed E-state index contributed by atoms with van der Waals surface area (Å²) in [6.07, 6.45) is 1.88. The molecule has 3 N–H and O–H groups in total. The number of aliphatic imine (C=N–C) groups is 1. The number of aryl methyl sites for hydroxylation is 1. The third-order valence-electron chi connectivity index (χ3n) is 3.86. The zero-order chi connectivity index (χ0) is 19.8. The number of aromatic nitrogens is 1. The van der Waals surface area contributed by atoms with Crippen LogP contribution in [0.25, 0.3) is 0 Å². The minimum absolute atomic E-state index is 0.142. The molecule has 0 saturated carbocycles. The van der Waals surface area contributed by atoms with Crippen LogP contribution < -0.4 is 15.8 Å². The van der Waals surface area contributed by atoms with Crippen LogP contribution in [0.1, 0.15) is 18.2 Å². The van der Waals surface area contributed by atoms with Gasteiger partial charge in [0, 0.05) is 32.5 Å². The number of nitrogens with two attached hydrogens (primary N) is 1. The fourth-order valence-electron chi connectivity index (χ4n) is 2.57. The zero-order valence-electron chi connectivity index (χ0n) is 15.9. The fraction of sp³-hybridized carbons (Fsp3) is 0.368. The van der Waals surface area contributed by atoms with E-state index in [2.05, 4.69) is 5.32 Å². The van der Waals surface area contributed by atoms with Gasteiger partial charge in [0.15, 0.2) is 12.6 Å². The molecule has 0 spiro atoms. The molecule has 0 unspecified atom stereocenters. The highest BCUT2D eigenvalue weighted by atomic mass is 35.5. The monoisotopic (exact) mass is 391 g/mol. The normalized spacial score (nSPS) is 11.3. The van der Waals surface area contributed by atoms with Crippen molar-refractivity contribution in [1.29, 1.82) is 0 Å². The van der Waals surface area contributed by atoms with Crippen LogP contribution in [0.5, 0.6) is 5.75 Å². The average Bonchev–Trinajstić information content (AvgIpc) is 2.94. The first kappa shape index (κ1) is 20.6. The molecule has 1 amide bonds. The molecule has 1 heterocycles. The predicted octanol–water partition coefficient (Wildman–Crippen LogP) is 2.14. The van der Waals surface area contributed by atoms with E-state index in [4.69, 9.17) is 27.1 Å². The van der Waals surface area contributed by atoms with Gasteiger partial charge in [-0.05, 0) is 30.7 Å². The van der Waals surface area contributed by atoms with Gasteiger partial charge in [0.1, 0.15) is 5.75 Å². The largest absolute Gasteiger partial charge is 0.484 e. The van der Waals surface area contributed by atoms with E-state index in [-0.39, 0.29) is 6.61 Å². The van der Waals surface area contributed by atoms with Crippen molar-refractivity contribution in [2.75, 3.05) is 20.2 Å². The standard InChI is InChI=1S/C19H26ClN5O2/c1-4-22-19(25(3)12-16-9-15(20)11-24(16)2)23-10-14-6-5-7-17(8-14)27-13-18(21)26/h5-9,11H,4,10,12-13H2,1-3H3,(H2,21,26)(H,22,23). The molecule has 0 atom stereocenters. The molecular formula is C19H26ClN5O2. The van der Waals surface area contributed by atoms with Crippen LogP contribution in [0.15, 0.2) is 41.5 Å². The second-order valence-corrected chi connectivity index (χ2v) is 6.63. The summed E-state index contributed by atoms with van der Waals surface area (Å²) >= 11 is 6.07. The molecule has 0 saturated heterocycles. The Morgan fingerprint density at radius 2 is 2.19 bits per heavy atom. The number of carbonyl (C=O) groups is 1. The van der Waals surface area contributed by atoms with Gasteiger partial charge in [-0.15, -0.1) is 0 Å². The van der Waals surface area contributed by atoms with Crippen LogP contribution in [0.2, 0.25) is 5.02 Å². The summed E-state index contributed by atoms with van der Waals surface area (Å²) in [5.41, 5.74) is 7.18. The predicted molar refractivity (Wildman–Crippen MR) is 108 cm³/mol. The second kappa shape index (κ2) is 9.87. The first-order valence-electron chi connectivity index (χ1n) is 8.69. The van der Waals surface area contributed by atoms with E-state index in [1.165, 1.54) is 0 Å². The second-order valence-electron chi connectivity index (χ2n) is 6.19. The summed E-state index contributed by atoms with van der Waals surface area (Å²) in [6.45, 7) is 3.81. The van der Waals surface area contributed by atoms with Gasteiger partial charge in [-0.25, -0.2) is 4.99 Å². The minimum Gasteiger partial charge on any atom is -0.484 e. The molecule has 0 aliphatic heterocycles. The summed E-state index contributed by atoms with van der Waals surface area (Å²) in [7, 11) is 3.95. The summed E-state index contributed by atoms with van der Waals surface area (Å²) in [5.74, 6) is 0.881. The number of guanidine groups is 1. The topological polar surface area (TPSA) is 84.9 Å². The Morgan fingerprint density at radius 3 is 2.81 bits per heavy atom. The first-order valence-corrected chi connectivity index (χ1v) is 9.07. The van der Waals surface area contributed by atoms with E-state index in [9.17, 15) is 4.79 Å². The first-order chi connectivity index (χ1) is 12.9. The molecule has 0 aliphatic carbocycles. The molecule has 1 aromatic heterocycles. The maximum atomic E-state index is 10.8. The Hall–Kier alpha value is -2.67. The number of nitrogens with one attached hydrogen (secondary N) is 1. The molecule has 27 heavy (non-hydrogen) atoms. The van der Waals surface area contributed by atoms with Gasteiger partial charge < -0.3 is 25.3 Å². The van der Waals surface area contributed by atoms with Crippen LogP contribution in [0, 0.1) is 0 Å². The number of benzene rings is 1. The quantitative estimate of drug-likeness (QED) is 0.533. The van der Waals surface area contributed by atoms with Gasteiger partial charge in [0.2, 0.25) is 0 Å². The van der Waals surface area contributed by atoms with Crippen LogP contribution in [0.4, 0.5) is 0 Å². The van der Waals surface area contributed by atoms with E-state index in [1.54, 1.807) is 6.07 Å². The lowest BCUT2D eigenvalue weighted by molar-refractivity contribution is -0.119. The number of rotatable bonds is 8. The van der Waals surface area contributed by atoms with Crippen molar-refractivity contribution < 1.29 is 9.53 Å². The number of primary amides is 1. The molecule has 1 aromatic carbocycles. The number of hydrogen-bond acceptors (Lipinski definition) is 3. The van der Waals surface area contributed by atoms with Crippen molar-refractivity contribution in [2.45, 2.75) is 20.0 Å². The highest BCUT2D eigenvalue weighted by Crippen LogP contribution is 2.16. The van der Waals surface area contributed by atoms with Gasteiger partial charge >= 0.3 is 0 Å². The number of amides is 1. The molecule has 8 heteroatoms. The van der Waals surface area contributed by atoms with Gasteiger partial charge in [0.05, 0.1) is 18.1 Å². The van der Waals surface area contributed by atoms with Crippen molar-refractivity contribution in [3.8, 4) is 5.75 Å². The average molecular weight is 392 g/mol. The minimum atomic E-state index is -0.504. The maximum Gasteiger partial charge on any atom is 0.255 e. The Kier molecular flexibility index (Phi) is 7.55. The van der Waals surface area contributed by atoms with Gasteiger partial charge in [-0.1, -0.05) is 23.7 Å². The van der Waals surface area contributed by atoms with Gasteiger partial charge in [-0.3, -0.25) is 4.79 Å². The smallest absolute Gasteiger partial charge is 0.255 e. The van der Waals surface area contributed by atoms with E-state index >= 15 is 0 Å². The highest BCUT2D eigenvalue weighted by Gasteiger charge is 2.10. The Morgan fingerprint density at radius 1 is 1.41 bits per heavy atom. The third-order valence-corrected chi connectivity index (χ3v) is 4.07. The fourth-order valence-corrected chi connectivity index (χ4v) is 2.84. The summed E-state index contributed by atoms with van der Waals surface area (Å²) in [5, 5.41) is 4.01. The zero-order valence-corrected chi connectivity index (χ0v) is 16.7. The molecule has 2 rings (SSSR count). The highest BCUT2D eigenvalue weighted by molar-refractivity contribution is 6.30. The van der Waals surface area contributed by atoms with Gasteiger partial charge in [0.25, 0.3) is 5.91 Å². The number of halogens is 1. The lowest BCUT2D eigenvalue weighted by atomic mass is 10.2. The van der Waals surface area contributed by atoms with E-state index in [0.29, 0.717) is 18.8 Å². The van der Waals surface area contributed by atoms with Crippen LogP contribution in [0.3, 0.4) is 0 Å². The summed E-state index contributed by atoms with van der Waals surface area (Å²) in [4.78, 5) is 17.6. The van der Waals surface area contributed by atoms with E-state index in [1.807, 2.05) is 60.9 Å². The van der Waals surface area contributed by atoms with Crippen molar-refractivity contribution in [3.63, 3.8) is 0 Å². The van der Waals surface area contributed by atoms with Crippen LogP contribution >= 0.6 is 11.6 Å². The molecule has 2 aromatic rings. The van der Waals surface area contributed by atoms with Crippen LogP contribution in [-0.2, 0) is 24.9 Å². The molecule has 0 aliphatic rings. The number of ether oxygens (including phenoxy) is 1. The Labute approximate surface area is 164 Å². The third kappa shape index (κ3) is 6.53. The van der Waals surface area contributed by atoms with Crippen molar-refractivity contribution >= 4 is 23.5 Å². The lowest BCUT2D eigenvalue weighted by Crippen LogP contribution is -2.38. The molecule has 7 nitrogen and oxygen atoms in total.